The first kappa shape index (κ1) is 8.88. The average Bonchev–Trinajstić information content (AvgIpc) is 1.85. The summed E-state index contributed by atoms with van der Waals surface area (Å²) in [5.74, 6) is 0. The topological polar surface area (TPSA) is 52.5 Å². The number of nitrogens with one attached hydrogen (secondary N) is 1. The van der Waals surface area contributed by atoms with Gasteiger partial charge in [-0.1, -0.05) is 6.92 Å². The van der Waals surface area contributed by atoms with Gasteiger partial charge in [0, 0.05) is 13.0 Å². The summed E-state index contributed by atoms with van der Waals surface area (Å²) in [5.41, 5.74) is 0. The van der Waals surface area contributed by atoms with Gasteiger partial charge in [0.2, 0.25) is 0 Å². The van der Waals surface area contributed by atoms with Gasteiger partial charge in [-0.25, -0.2) is 0 Å². The molecule has 3 N–H and O–H groups in total. The molecule has 0 aromatic rings. The fourth-order valence-corrected chi connectivity index (χ4v) is 0.535. The minimum atomic E-state index is -0.532. The fourth-order valence-electron chi connectivity index (χ4n) is 0.535. The molecular weight excluding hydrogens is 118 g/mol. The summed E-state index contributed by atoms with van der Waals surface area (Å²) >= 11 is 0. The Morgan fingerprint density at radius 1 is 1.56 bits per heavy atom. The lowest BCUT2D eigenvalue weighted by Crippen LogP contribution is -2.29. The number of hydrogen-bond acceptors (Lipinski definition) is 3. The van der Waals surface area contributed by atoms with Crippen molar-refractivity contribution >= 4 is 0 Å². The van der Waals surface area contributed by atoms with Crippen molar-refractivity contribution in [1.29, 1.82) is 0 Å². The third-order valence-electron chi connectivity index (χ3n) is 1.03. The molecule has 0 aliphatic rings. The second kappa shape index (κ2) is 6.01. The van der Waals surface area contributed by atoms with Crippen LogP contribution in [-0.2, 0) is 0 Å². The van der Waals surface area contributed by atoms with Crippen molar-refractivity contribution in [3.05, 3.63) is 0 Å². The van der Waals surface area contributed by atoms with Crippen molar-refractivity contribution in [2.75, 3.05) is 13.2 Å². The number of hydrogen-bond donors (Lipinski definition) is 3. The molecule has 0 heterocycles. The standard InChI is InChI=1S/C6H15NO2/c1-2-4-7-6(9)3-5-8/h6-9H,2-5H2,1H3/t6-/m1/s1. The zero-order chi connectivity index (χ0) is 7.11. The van der Waals surface area contributed by atoms with Gasteiger partial charge in [-0.2, -0.15) is 0 Å². The molecule has 0 bridgehead atoms. The molecule has 0 aliphatic carbocycles. The monoisotopic (exact) mass is 133 g/mol. The summed E-state index contributed by atoms with van der Waals surface area (Å²) in [7, 11) is 0. The van der Waals surface area contributed by atoms with Crippen LogP contribution in [0, 0.1) is 0 Å². The number of rotatable bonds is 5. The van der Waals surface area contributed by atoms with Gasteiger partial charge < -0.3 is 10.2 Å². The van der Waals surface area contributed by atoms with Crippen molar-refractivity contribution in [3.8, 4) is 0 Å². The quantitative estimate of drug-likeness (QED) is 0.451. The van der Waals surface area contributed by atoms with Crippen LogP contribution >= 0.6 is 0 Å². The summed E-state index contributed by atoms with van der Waals surface area (Å²) < 4.78 is 0. The van der Waals surface area contributed by atoms with E-state index < -0.39 is 6.23 Å². The van der Waals surface area contributed by atoms with E-state index in [1.807, 2.05) is 6.92 Å². The molecule has 0 aromatic heterocycles. The van der Waals surface area contributed by atoms with Crippen molar-refractivity contribution in [3.63, 3.8) is 0 Å². The molecule has 9 heavy (non-hydrogen) atoms. The maximum atomic E-state index is 8.91. The van der Waals surface area contributed by atoms with Crippen LogP contribution in [0.2, 0.25) is 0 Å². The highest BCUT2D eigenvalue weighted by Crippen LogP contribution is 1.84. The molecule has 0 saturated carbocycles. The maximum absolute atomic E-state index is 8.91. The van der Waals surface area contributed by atoms with Gasteiger partial charge in [0.15, 0.2) is 0 Å². The largest absolute Gasteiger partial charge is 0.396 e. The van der Waals surface area contributed by atoms with Crippen LogP contribution in [-0.4, -0.2) is 29.6 Å². The lowest BCUT2D eigenvalue weighted by molar-refractivity contribution is 0.103. The van der Waals surface area contributed by atoms with E-state index in [1.54, 1.807) is 0 Å². The van der Waals surface area contributed by atoms with Crippen molar-refractivity contribution < 1.29 is 10.2 Å². The van der Waals surface area contributed by atoms with E-state index in [0.717, 1.165) is 13.0 Å². The molecule has 0 aliphatic heterocycles. The van der Waals surface area contributed by atoms with Crippen LogP contribution in [0.5, 0.6) is 0 Å². The molecule has 0 rings (SSSR count). The van der Waals surface area contributed by atoms with Crippen LogP contribution in [0.1, 0.15) is 19.8 Å². The molecule has 0 aromatic carbocycles. The molecule has 56 valence electrons. The first-order chi connectivity index (χ1) is 4.31. The second-order valence-electron chi connectivity index (χ2n) is 1.98. The average molecular weight is 133 g/mol. The fraction of sp³-hybridized carbons (Fsp3) is 1.00. The van der Waals surface area contributed by atoms with Gasteiger partial charge in [0.05, 0.1) is 0 Å². The molecular formula is C6H15NO2. The summed E-state index contributed by atoms with van der Waals surface area (Å²) in [6.07, 6.45) is 0.887. The van der Waals surface area contributed by atoms with Crippen molar-refractivity contribution in [1.82, 2.24) is 5.32 Å². The molecule has 0 radical (unpaired) electrons. The highest BCUT2D eigenvalue weighted by molar-refractivity contribution is 4.50. The summed E-state index contributed by atoms with van der Waals surface area (Å²) in [4.78, 5) is 0. The molecule has 3 nitrogen and oxygen atoms in total. The van der Waals surface area contributed by atoms with Crippen LogP contribution in [0.15, 0.2) is 0 Å². The highest BCUT2D eigenvalue weighted by Gasteiger charge is 1.97. The first-order valence-corrected chi connectivity index (χ1v) is 3.33. The summed E-state index contributed by atoms with van der Waals surface area (Å²) in [6, 6.07) is 0. The van der Waals surface area contributed by atoms with Crippen molar-refractivity contribution in [2.45, 2.75) is 26.0 Å². The van der Waals surface area contributed by atoms with Crippen LogP contribution in [0.25, 0.3) is 0 Å². The zero-order valence-corrected chi connectivity index (χ0v) is 5.80. The van der Waals surface area contributed by atoms with Crippen LogP contribution < -0.4 is 5.32 Å². The third-order valence-corrected chi connectivity index (χ3v) is 1.03. The van der Waals surface area contributed by atoms with E-state index >= 15 is 0 Å². The predicted octanol–water partition coefficient (Wildman–Crippen LogP) is -0.313. The van der Waals surface area contributed by atoms with Crippen molar-refractivity contribution in [2.24, 2.45) is 0 Å². The molecule has 1 atom stereocenters. The molecule has 3 heteroatoms. The molecule has 0 saturated heterocycles. The van der Waals surface area contributed by atoms with E-state index in [9.17, 15) is 0 Å². The van der Waals surface area contributed by atoms with Gasteiger partial charge in [-0.3, -0.25) is 5.32 Å². The maximum Gasteiger partial charge on any atom is 0.107 e. The lowest BCUT2D eigenvalue weighted by Gasteiger charge is -2.08. The van der Waals surface area contributed by atoms with E-state index in [4.69, 9.17) is 10.2 Å². The van der Waals surface area contributed by atoms with Gasteiger partial charge in [0.1, 0.15) is 6.23 Å². The lowest BCUT2D eigenvalue weighted by atomic mass is 10.4. The first-order valence-electron chi connectivity index (χ1n) is 3.33. The smallest absolute Gasteiger partial charge is 0.107 e. The summed E-state index contributed by atoms with van der Waals surface area (Å²) in [6.45, 7) is 2.87. The molecule has 0 unspecified atom stereocenters. The molecule has 0 fully saturated rings. The predicted molar refractivity (Wildman–Crippen MR) is 36.0 cm³/mol. The Labute approximate surface area is 55.7 Å². The summed E-state index contributed by atoms with van der Waals surface area (Å²) in [5, 5.41) is 20.1. The van der Waals surface area contributed by atoms with E-state index in [0.29, 0.717) is 6.42 Å². The number of aliphatic hydroxyl groups is 2. The second-order valence-corrected chi connectivity index (χ2v) is 1.98. The minimum absolute atomic E-state index is 0.0396. The Balaban J connectivity index is 2.95. The Kier molecular flexibility index (Phi) is 5.93. The SMILES string of the molecule is CCCN[C@H](O)CCO. The molecule has 0 spiro atoms. The number of aliphatic hydroxyl groups excluding tert-OH is 2. The molecule has 0 amide bonds. The zero-order valence-electron chi connectivity index (χ0n) is 5.80. The van der Waals surface area contributed by atoms with Crippen LogP contribution in [0.3, 0.4) is 0 Å². The normalized spacial score (nSPS) is 13.7. The Morgan fingerprint density at radius 2 is 2.22 bits per heavy atom. The Morgan fingerprint density at radius 3 is 2.67 bits per heavy atom. The van der Waals surface area contributed by atoms with Crippen LogP contribution in [0.4, 0.5) is 0 Å². The van der Waals surface area contributed by atoms with Gasteiger partial charge in [-0.05, 0) is 13.0 Å². The van der Waals surface area contributed by atoms with Gasteiger partial charge in [-0.15, -0.1) is 0 Å². The van der Waals surface area contributed by atoms with Gasteiger partial charge in [0.25, 0.3) is 0 Å². The minimum Gasteiger partial charge on any atom is -0.396 e. The third kappa shape index (κ3) is 5.76. The van der Waals surface area contributed by atoms with E-state index in [1.165, 1.54) is 0 Å². The van der Waals surface area contributed by atoms with E-state index in [2.05, 4.69) is 5.32 Å². The Hall–Kier alpha value is -0.120. The van der Waals surface area contributed by atoms with Gasteiger partial charge >= 0.3 is 0 Å². The highest BCUT2D eigenvalue weighted by atomic mass is 16.3. The Bertz CT molecular complexity index is 59.0. The van der Waals surface area contributed by atoms with E-state index in [-0.39, 0.29) is 6.61 Å².